The number of fused-ring (bicyclic) bond motifs is 1. The fourth-order valence-corrected chi connectivity index (χ4v) is 2.60. The number of hydrogen-bond acceptors (Lipinski definition) is 4. The zero-order valence-electron chi connectivity index (χ0n) is 13.4. The number of anilines is 1. The van der Waals surface area contributed by atoms with Gasteiger partial charge in [0, 0.05) is 17.8 Å². The molecule has 1 amide bonds. The number of H-pyrrole nitrogens is 1. The molecule has 0 unspecified atom stereocenters. The standard InChI is InChI=1S/C18H14N4O3/c1-2-22-15-7-6-12(9-14(15)21-17(24)18(22)25)16(23)20-13-5-3-4-11(8-13)10-19/h3-9H,2H2,1H3,(H,20,23)(H,21,24). The maximum absolute atomic E-state index is 12.4. The molecule has 0 bridgehead atoms. The van der Waals surface area contributed by atoms with E-state index < -0.39 is 11.1 Å². The van der Waals surface area contributed by atoms with E-state index in [0.717, 1.165) is 0 Å². The summed E-state index contributed by atoms with van der Waals surface area (Å²) in [5.74, 6) is -0.382. The minimum Gasteiger partial charge on any atom is -0.322 e. The summed E-state index contributed by atoms with van der Waals surface area (Å²) in [7, 11) is 0. The van der Waals surface area contributed by atoms with Gasteiger partial charge in [0.05, 0.1) is 22.7 Å². The van der Waals surface area contributed by atoms with Gasteiger partial charge in [-0.1, -0.05) is 6.07 Å². The zero-order valence-corrected chi connectivity index (χ0v) is 13.4. The summed E-state index contributed by atoms with van der Waals surface area (Å²) >= 11 is 0. The Labute approximate surface area is 142 Å². The van der Waals surface area contributed by atoms with E-state index in [4.69, 9.17) is 5.26 Å². The van der Waals surface area contributed by atoms with Crippen molar-refractivity contribution in [1.29, 1.82) is 5.26 Å². The predicted octanol–water partition coefficient (Wildman–Crippen LogP) is 1.83. The van der Waals surface area contributed by atoms with Crippen molar-refractivity contribution in [2.75, 3.05) is 5.32 Å². The quantitative estimate of drug-likeness (QED) is 0.712. The predicted molar refractivity (Wildman–Crippen MR) is 93.6 cm³/mol. The average Bonchev–Trinajstić information content (AvgIpc) is 2.62. The van der Waals surface area contributed by atoms with Crippen LogP contribution >= 0.6 is 0 Å². The van der Waals surface area contributed by atoms with Gasteiger partial charge < -0.3 is 14.9 Å². The maximum atomic E-state index is 12.4. The van der Waals surface area contributed by atoms with Crippen LogP contribution < -0.4 is 16.4 Å². The van der Waals surface area contributed by atoms with Crippen molar-refractivity contribution in [3.05, 3.63) is 74.3 Å². The number of carbonyl (C=O) groups excluding carboxylic acids is 1. The second-order valence-corrected chi connectivity index (χ2v) is 5.38. The van der Waals surface area contributed by atoms with Gasteiger partial charge in [-0.3, -0.25) is 14.4 Å². The molecule has 0 aliphatic rings. The number of nitrogens with one attached hydrogen (secondary N) is 2. The van der Waals surface area contributed by atoms with Gasteiger partial charge in [0.1, 0.15) is 0 Å². The number of aromatic amines is 1. The molecule has 1 heterocycles. The van der Waals surface area contributed by atoms with Crippen LogP contribution in [0, 0.1) is 11.3 Å². The van der Waals surface area contributed by atoms with Gasteiger partial charge in [-0.2, -0.15) is 5.26 Å². The topological polar surface area (TPSA) is 108 Å². The second kappa shape index (κ2) is 6.45. The van der Waals surface area contributed by atoms with Crippen LogP contribution in [0.4, 0.5) is 5.69 Å². The smallest absolute Gasteiger partial charge is 0.316 e. The first kappa shape index (κ1) is 16.2. The van der Waals surface area contributed by atoms with E-state index in [1.54, 1.807) is 43.3 Å². The molecule has 0 saturated heterocycles. The summed E-state index contributed by atoms with van der Waals surface area (Å²) in [6.45, 7) is 2.12. The van der Waals surface area contributed by atoms with Gasteiger partial charge in [0.2, 0.25) is 0 Å². The van der Waals surface area contributed by atoms with Crippen LogP contribution in [0.25, 0.3) is 11.0 Å². The summed E-state index contributed by atoms with van der Waals surface area (Å²) in [5.41, 5.74) is 0.865. The molecule has 0 radical (unpaired) electrons. The molecule has 3 aromatic rings. The summed E-state index contributed by atoms with van der Waals surface area (Å²) in [6.07, 6.45) is 0. The summed E-state index contributed by atoms with van der Waals surface area (Å²) in [5, 5.41) is 11.6. The van der Waals surface area contributed by atoms with Gasteiger partial charge in [0.25, 0.3) is 5.91 Å². The molecule has 7 heteroatoms. The Morgan fingerprint density at radius 2 is 2.04 bits per heavy atom. The first-order valence-corrected chi connectivity index (χ1v) is 7.62. The molecular weight excluding hydrogens is 320 g/mol. The van der Waals surface area contributed by atoms with Crippen molar-refractivity contribution in [2.24, 2.45) is 0 Å². The fraction of sp³-hybridized carbons (Fsp3) is 0.111. The van der Waals surface area contributed by atoms with Crippen molar-refractivity contribution < 1.29 is 4.79 Å². The van der Waals surface area contributed by atoms with E-state index in [0.29, 0.717) is 34.4 Å². The molecule has 25 heavy (non-hydrogen) atoms. The molecule has 2 aromatic carbocycles. The number of nitriles is 1. The van der Waals surface area contributed by atoms with Crippen LogP contribution in [0.5, 0.6) is 0 Å². The summed E-state index contributed by atoms with van der Waals surface area (Å²) in [6, 6.07) is 13.3. The van der Waals surface area contributed by atoms with Crippen LogP contribution in [0.3, 0.4) is 0 Å². The molecular formula is C18H14N4O3. The van der Waals surface area contributed by atoms with E-state index in [1.165, 1.54) is 10.6 Å². The first-order valence-electron chi connectivity index (χ1n) is 7.62. The molecule has 7 nitrogen and oxygen atoms in total. The Bertz CT molecular complexity index is 1140. The van der Waals surface area contributed by atoms with Gasteiger partial charge in [-0.15, -0.1) is 0 Å². The van der Waals surface area contributed by atoms with Crippen LogP contribution in [0.2, 0.25) is 0 Å². The molecule has 0 saturated carbocycles. The normalized spacial score (nSPS) is 10.4. The molecule has 0 spiro atoms. The van der Waals surface area contributed by atoms with Crippen LogP contribution in [0.15, 0.2) is 52.1 Å². The first-order chi connectivity index (χ1) is 12.0. The van der Waals surface area contributed by atoms with Crippen molar-refractivity contribution in [2.45, 2.75) is 13.5 Å². The lowest BCUT2D eigenvalue weighted by Crippen LogP contribution is -2.36. The third kappa shape index (κ3) is 3.05. The molecule has 124 valence electrons. The van der Waals surface area contributed by atoms with E-state index in [9.17, 15) is 14.4 Å². The Kier molecular flexibility index (Phi) is 4.18. The molecule has 0 aliphatic carbocycles. The van der Waals surface area contributed by atoms with Crippen molar-refractivity contribution in [1.82, 2.24) is 9.55 Å². The maximum Gasteiger partial charge on any atom is 0.316 e. The average molecular weight is 334 g/mol. The third-order valence-electron chi connectivity index (χ3n) is 3.80. The second-order valence-electron chi connectivity index (χ2n) is 5.38. The number of amides is 1. The van der Waals surface area contributed by atoms with Crippen molar-refractivity contribution >= 4 is 22.6 Å². The lowest BCUT2D eigenvalue weighted by molar-refractivity contribution is 0.102. The number of rotatable bonds is 3. The fourth-order valence-electron chi connectivity index (χ4n) is 2.60. The Morgan fingerprint density at radius 3 is 2.76 bits per heavy atom. The van der Waals surface area contributed by atoms with E-state index >= 15 is 0 Å². The number of benzene rings is 2. The molecule has 1 aromatic heterocycles. The van der Waals surface area contributed by atoms with Crippen molar-refractivity contribution in [3.63, 3.8) is 0 Å². The minimum absolute atomic E-state index is 0.326. The number of hydrogen-bond donors (Lipinski definition) is 2. The molecule has 3 rings (SSSR count). The van der Waals surface area contributed by atoms with Crippen LogP contribution in [-0.2, 0) is 6.54 Å². The largest absolute Gasteiger partial charge is 0.322 e. The van der Waals surface area contributed by atoms with Crippen LogP contribution in [-0.4, -0.2) is 15.5 Å². The SMILES string of the molecule is CCn1c(=O)c(=O)[nH]c2cc(C(=O)Nc3cccc(C#N)c3)ccc21. The summed E-state index contributed by atoms with van der Waals surface area (Å²) < 4.78 is 1.35. The number of carbonyl (C=O) groups is 1. The van der Waals surface area contributed by atoms with Crippen LogP contribution in [0.1, 0.15) is 22.8 Å². The Morgan fingerprint density at radius 1 is 1.24 bits per heavy atom. The lowest BCUT2D eigenvalue weighted by atomic mass is 10.1. The molecule has 0 fully saturated rings. The molecule has 2 N–H and O–H groups in total. The Balaban J connectivity index is 2.00. The monoisotopic (exact) mass is 334 g/mol. The highest BCUT2D eigenvalue weighted by molar-refractivity contribution is 6.05. The lowest BCUT2D eigenvalue weighted by Gasteiger charge is -2.09. The Hall–Kier alpha value is -3.66. The molecule has 0 atom stereocenters. The van der Waals surface area contributed by atoms with E-state index in [2.05, 4.69) is 10.3 Å². The third-order valence-corrected chi connectivity index (χ3v) is 3.80. The number of aryl methyl sites for hydroxylation is 1. The minimum atomic E-state index is -0.728. The highest BCUT2D eigenvalue weighted by Gasteiger charge is 2.11. The number of aromatic nitrogens is 2. The van der Waals surface area contributed by atoms with Gasteiger partial charge >= 0.3 is 11.1 Å². The molecule has 0 aliphatic heterocycles. The van der Waals surface area contributed by atoms with E-state index in [-0.39, 0.29) is 5.91 Å². The number of nitrogens with zero attached hydrogens (tertiary/aromatic N) is 2. The van der Waals surface area contributed by atoms with Crippen molar-refractivity contribution in [3.8, 4) is 6.07 Å². The zero-order chi connectivity index (χ0) is 18.0. The summed E-state index contributed by atoms with van der Waals surface area (Å²) in [4.78, 5) is 38.5. The van der Waals surface area contributed by atoms with Gasteiger partial charge in [-0.25, -0.2) is 0 Å². The highest BCUT2D eigenvalue weighted by Crippen LogP contribution is 2.15. The highest BCUT2D eigenvalue weighted by atomic mass is 16.2. The van der Waals surface area contributed by atoms with E-state index in [1.807, 2.05) is 6.07 Å². The van der Waals surface area contributed by atoms with Gasteiger partial charge in [0.15, 0.2) is 0 Å². The van der Waals surface area contributed by atoms with Gasteiger partial charge in [-0.05, 0) is 43.3 Å².